The van der Waals surface area contributed by atoms with Crippen LogP contribution in [-0.2, 0) is 8.34 Å². The van der Waals surface area contributed by atoms with Crippen molar-refractivity contribution in [3.63, 3.8) is 0 Å². The van der Waals surface area contributed by atoms with Crippen LogP contribution < -0.4 is 15.5 Å². The van der Waals surface area contributed by atoms with Crippen LogP contribution in [0.3, 0.4) is 0 Å². The molecule has 4 rings (SSSR count). The van der Waals surface area contributed by atoms with Crippen molar-refractivity contribution in [1.29, 1.82) is 5.26 Å². The lowest BCUT2D eigenvalue weighted by Crippen LogP contribution is -2.49. The molecule has 1 aromatic heterocycles. The lowest BCUT2D eigenvalue weighted by atomic mass is 9.98. The van der Waals surface area contributed by atoms with Crippen molar-refractivity contribution in [3.05, 3.63) is 66.4 Å². The highest BCUT2D eigenvalue weighted by atomic mass is 127. The summed E-state index contributed by atoms with van der Waals surface area (Å²) in [6.07, 6.45) is -1.66. The van der Waals surface area contributed by atoms with Crippen molar-refractivity contribution >= 4 is 56.8 Å². The molecule has 1 aliphatic heterocycles. The SMILES string of the molecule is N#CCNC(I)(c1ccc(-c2ccnc(Nc3ccc(N4CCC(C(=O)SCF)CC4)cc3)n2)cc1)C(F)(F)F. The third kappa shape index (κ3) is 7.02. The molecule has 7 nitrogen and oxygen atoms in total. The highest BCUT2D eigenvalue weighted by molar-refractivity contribution is 14.1. The van der Waals surface area contributed by atoms with E-state index in [2.05, 4.69) is 25.5 Å². The molecule has 0 spiro atoms. The van der Waals surface area contributed by atoms with E-state index in [0.717, 1.165) is 36.2 Å². The number of nitrogens with zero attached hydrogens (tertiary/aromatic N) is 4. The number of rotatable bonds is 9. The number of aromatic nitrogens is 2. The van der Waals surface area contributed by atoms with Gasteiger partial charge < -0.3 is 10.2 Å². The minimum Gasteiger partial charge on any atom is -0.371 e. The standard InChI is InChI=1S/C27H25F4IN6OS/c28-17-40-24(39)19-10-15-38(16-11-19)22-7-5-21(6-8-22)36-25-34-13-9-23(37-25)18-1-3-20(4-2-18)26(32,27(29,30)31)35-14-12-33/h1-9,13,19,35H,10-11,14-17H2,(H,34,36,37). The number of anilines is 3. The van der Waals surface area contributed by atoms with Crippen LogP contribution in [0.1, 0.15) is 18.4 Å². The fourth-order valence-corrected chi connectivity index (χ4v) is 5.54. The van der Waals surface area contributed by atoms with Crippen molar-refractivity contribution in [2.45, 2.75) is 22.6 Å². The predicted octanol–water partition coefficient (Wildman–Crippen LogP) is 6.55. The number of hydrogen-bond donors (Lipinski definition) is 2. The third-order valence-corrected chi connectivity index (χ3v) is 8.89. The number of benzene rings is 2. The fourth-order valence-electron chi connectivity index (χ4n) is 4.41. The molecule has 1 aliphatic rings. The smallest absolute Gasteiger partial charge is 0.371 e. The van der Waals surface area contributed by atoms with Crippen LogP contribution in [-0.4, -0.2) is 46.9 Å². The zero-order valence-electron chi connectivity index (χ0n) is 21.1. The Balaban J connectivity index is 1.41. The number of nitriles is 1. The van der Waals surface area contributed by atoms with Gasteiger partial charge >= 0.3 is 6.18 Å². The highest BCUT2D eigenvalue weighted by Gasteiger charge is 2.54. The average Bonchev–Trinajstić information content (AvgIpc) is 2.96. The summed E-state index contributed by atoms with van der Waals surface area (Å²) in [6, 6.07) is 16.2. The van der Waals surface area contributed by atoms with Gasteiger partial charge in [-0.05, 0) is 71.3 Å². The van der Waals surface area contributed by atoms with Gasteiger partial charge in [0.15, 0.2) is 8.66 Å². The lowest BCUT2D eigenvalue weighted by molar-refractivity contribution is -0.163. The second-order valence-corrected chi connectivity index (χ2v) is 11.5. The van der Waals surface area contributed by atoms with E-state index in [9.17, 15) is 22.4 Å². The van der Waals surface area contributed by atoms with E-state index in [-0.39, 0.29) is 16.6 Å². The van der Waals surface area contributed by atoms with E-state index < -0.39 is 22.3 Å². The molecule has 1 unspecified atom stereocenters. The van der Waals surface area contributed by atoms with Gasteiger partial charge in [0, 0.05) is 42.1 Å². The van der Waals surface area contributed by atoms with Crippen LogP contribution in [0.2, 0.25) is 0 Å². The quantitative estimate of drug-likeness (QED) is 0.0862. The van der Waals surface area contributed by atoms with Gasteiger partial charge in [-0.15, -0.1) is 0 Å². The summed E-state index contributed by atoms with van der Waals surface area (Å²) in [5.41, 5.74) is 2.88. The van der Waals surface area contributed by atoms with Crippen molar-refractivity contribution in [1.82, 2.24) is 15.3 Å². The first-order chi connectivity index (χ1) is 19.1. The Morgan fingerprint density at radius 2 is 1.77 bits per heavy atom. The van der Waals surface area contributed by atoms with Gasteiger partial charge in [-0.1, -0.05) is 36.0 Å². The normalized spacial score (nSPS) is 15.8. The molecule has 2 N–H and O–H groups in total. The largest absolute Gasteiger partial charge is 0.420 e. The minimum absolute atomic E-state index is 0.0263. The van der Waals surface area contributed by atoms with Crippen LogP contribution >= 0.6 is 34.4 Å². The topological polar surface area (TPSA) is 93.9 Å². The van der Waals surface area contributed by atoms with Crippen LogP contribution in [0.15, 0.2) is 60.8 Å². The van der Waals surface area contributed by atoms with Crippen molar-refractivity contribution in [2.24, 2.45) is 5.92 Å². The molecule has 0 aliphatic carbocycles. The maximum atomic E-state index is 13.8. The monoisotopic (exact) mass is 684 g/mol. The molecule has 1 atom stereocenters. The molecule has 13 heteroatoms. The number of hydrogen-bond acceptors (Lipinski definition) is 8. The first-order valence-electron chi connectivity index (χ1n) is 12.3. The van der Waals surface area contributed by atoms with E-state index in [1.807, 2.05) is 24.3 Å². The first kappa shape index (κ1) is 30.0. The lowest BCUT2D eigenvalue weighted by Gasteiger charge is -2.32. The molecule has 40 heavy (non-hydrogen) atoms. The first-order valence-corrected chi connectivity index (χ1v) is 14.4. The molecule has 0 bridgehead atoms. The maximum Gasteiger partial charge on any atom is 0.420 e. The number of nitrogens with one attached hydrogen (secondary N) is 2. The van der Waals surface area contributed by atoms with Gasteiger partial charge in [0.2, 0.25) is 5.95 Å². The Bertz CT molecular complexity index is 1340. The number of carbonyl (C=O) groups excluding carboxylic acids is 1. The predicted molar refractivity (Wildman–Crippen MR) is 156 cm³/mol. The summed E-state index contributed by atoms with van der Waals surface area (Å²) in [7, 11) is 0. The van der Waals surface area contributed by atoms with Gasteiger partial charge in [-0.2, -0.15) is 18.4 Å². The van der Waals surface area contributed by atoms with Gasteiger partial charge in [0.1, 0.15) is 6.01 Å². The molecule has 1 fully saturated rings. The molecule has 2 heterocycles. The van der Waals surface area contributed by atoms with Crippen LogP contribution in [0, 0.1) is 17.2 Å². The fraction of sp³-hybridized carbons (Fsp3) is 0.333. The average molecular weight is 685 g/mol. The molecule has 2 aromatic carbocycles. The Kier molecular flexibility index (Phi) is 9.85. The molecule has 0 amide bonds. The number of halogens is 5. The Morgan fingerprint density at radius 3 is 2.38 bits per heavy atom. The number of thioether (sulfide) groups is 1. The van der Waals surface area contributed by atoms with E-state index in [4.69, 9.17) is 5.26 Å². The highest BCUT2D eigenvalue weighted by Crippen LogP contribution is 2.44. The third-order valence-electron chi connectivity index (χ3n) is 6.55. The van der Waals surface area contributed by atoms with E-state index in [1.165, 1.54) is 34.7 Å². The second kappa shape index (κ2) is 13.1. The van der Waals surface area contributed by atoms with Crippen molar-refractivity contribution < 1.29 is 22.4 Å². The summed E-state index contributed by atoms with van der Waals surface area (Å²) in [4.78, 5) is 22.9. The number of carbonyl (C=O) groups is 1. The van der Waals surface area contributed by atoms with E-state index >= 15 is 0 Å². The van der Waals surface area contributed by atoms with Gasteiger partial charge in [-0.25, -0.2) is 14.4 Å². The van der Waals surface area contributed by atoms with Gasteiger partial charge in [0.25, 0.3) is 0 Å². The van der Waals surface area contributed by atoms with E-state index in [1.54, 1.807) is 30.5 Å². The Morgan fingerprint density at radius 1 is 1.10 bits per heavy atom. The molecule has 1 saturated heterocycles. The van der Waals surface area contributed by atoms with Crippen LogP contribution in [0.5, 0.6) is 0 Å². The molecular formula is C27H25F4IN6OS. The summed E-state index contributed by atoms with van der Waals surface area (Å²) in [5.74, 6) is 0.223. The zero-order valence-corrected chi connectivity index (χ0v) is 24.1. The van der Waals surface area contributed by atoms with Gasteiger partial charge in [0.05, 0.1) is 18.3 Å². The van der Waals surface area contributed by atoms with Gasteiger partial charge in [-0.3, -0.25) is 10.1 Å². The summed E-state index contributed by atoms with van der Waals surface area (Å²) >= 11 is 2.03. The summed E-state index contributed by atoms with van der Waals surface area (Å²) in [6.45, 7) is 0.985. The molecule has 0 radical (unpaired) electrons. The molecule has 3 aromatic rings. The summed E-state index contributed by atoms with van der Waals surface area (Å²) < 4.78 is 51.3. The molecule has 210 valence electrons. The van der Waals surface area contributed by atoms with Crippen LogP contribution in [0.4, 0.5) is 34.9 Å². The molecule has 0 saturated carbocycles. The minimum atomic E-state index is -4.61. The Labute approximate surface area is 246 Å². The van der Waals surface area contributed by atoms with Crippen molar-refractivity contribution in [3.8, 4) is 17.3 Å². The zero-order chi connectivity index (χ0) is 28.8. The van der Waals surface area contributed by atoms with E-state index in [0.29, 0.717) is 30.0 Å². The number of piperidine rings is 1. The number of alkyl halides is 5. The summed E-state index contributed by atoms with van der Waals surface area (Å²) in [5, 5.41) is 14.1. The Hall–Kier alpha value is -2.96. The maximum absolute atomic E-state index is 13.8. The van der Waals surface area contributed by atoms with Crippen molar-refractivity contribution in [2.75, 3.05) is 35.9 Å². The van der Waals surface area contributed by atoms with Crippen LogP contribution in [0.25, 0.3) is 11.3 Å². The molecular weight excluding hydrogens is 659 g/mol. The second-order valence-electron chi connectivity index (χ2n) is 9.02.